The molecular weight excluding hydrogens is 329 g/mol. The van der Waals surface area contributed by atoms with E-state index in [9.17, 15) is 9.65 Å². The van der Waals surface area contributed by atoms with Crippen molar-refractivity contribution in [1.82, 2.24) is 14.4 Å². The summed E-state index contributed by atoms with van der Waals surface area (Å²) in [5.41, 5.74) is 3.08. The number of aromatic nitrogens is 3. The zero-order valence-electron chi connectivity index (χ0n) is 13.4. The number of imidazole rings is 1. The van der Waals surface area contributed by atoms with Crippen molar-refractivity contribution in [2.24, 2.45) is 0 Å². The molecule has 4 rings (SSSR count). The van der Waals surface area contributed by atoms with Crippen LogP contribution in [0.3, 0.4) is 0 Å². The average Bonchev–Trinajstić information content (AvgIpc) is 3.11. The first-order valence-electron chi connectivity index (χ1n) is 7.75. The van der Waals surface area contributed by atoms with Gasteiger partial charge in [-0.15, -0.1) is 0 Å². The Bertz CT molecular complexity index is 1230. The number of halogens is 1. The van der Waals surface area contributed by atoms with E-state index in [0.29, 0.717) is 22.6 Å². The predicted octanol–water partition coefficient (Wildman–Crippen LogP) is 3.95. The fourth-order valence-electron chi connectivity index (χ4n) is 2.85. The van der Waals surface area contributed by atoms with Crippen molar-refractivity contribution >= 4 is 5.78 Å². The largest absolute Gasteiger partial charge is 0.284 e. The average molecular weight is 339 g/mol. The van der Waals surface area contributed by atoms with E-state index in [0.717, 1.165) is 11.1 Å². The third-order valence-corrected chi connectivity index (χ3v) is 4.09. The van der Waals surface area contributed by atoms with Gasteiger partial charge < -0.3 is 0 Å². The zero-order chi connectivity index (χ0) is 18.1. The quantitative estimate of drug-likeness (QED) is 0.554. The van der Waals surface area contributed by atoms with Crippen molar-refractivity contribution in [2.75, 3.05) is 0 Å². The summed E-state index contributed by atoms with van der Waals surface area (Å²) in [6.07, 6.45) is 3.15. The van der Waals surface area contributed by atoms with E-state index in [1.54, 1.807) is 40.9 Å². The first kappa shape index (κ1) is 15.5. The molecule has 0 aliphatic carbocycles. The van der Waals surface area contributed by atoms with E-state index in [4.69, 9.17) is 5.26 Å². The molecule has 0 saturated heterocycles. The molecule has 0 aliphatic rings. The lowest BCUT2D eigenvalue weighted by Crippen LogP contribution is -1.95. The third-order valence-electron chi connectivity index (χ3n) is 4.09. The van der Waals surface area contributed by atoms with Gasteiger partial charge in [0, 0.05) is 11.8 Å². The van der Waals surface area contributed by atoms with E-state index in [2.05, 4.69) is 16.0 Å². The maximum atomic E-state index is 14.5. The molecule has 0 fully saturated rings. The normalized spacial score (nSPS) is 10.4. The molecule has 4 aromatic rings. The third kappa shape index (κ3) is 2.47. The van der Waals surface area contributed by atoms with Crippen molar-refractivity contribution in [3.8, 4) is 34.5 Å². The number of nitrogens with zero attached hydrogens (tertiary/aromatic N) is 5. The lowest BCUT2D eigenvalue weighted by Gasteiger charge is -2.08. The fourth-order valence-corrected chi connectivity index (χ4v) is 2.85. The molecule has 0 saturated carbocycles. The Balaban J connectivity index is 1.91. The maximum Gasteiger partial charge on any atom is 0.235 e. The molecule has 0 amide bonds. The molecule has 122 valence electrons. The van der Waals surface area contributed by atoms with Gasteiger partial charge in [0.05, 0.1) is 23.5 Å². The van der Waals surface area contributed by atoms with Gasteiger partial charge in [-0.2, -0.15) is 10.5 Å². The van der Waals surface area contributed by atoms with Gasteiger partial charge in [-0.3, -0.25) is 4.40 Å². The Morgan fingerprint density at radius 3 is 2.62 bits per heavy atom. The molecule has 0 spiro atoms. The Kier molecular flexibility index (Phi) is 3.65. The summed E-state index contributed by atoms with van der Waals surface area (Å²) in [6, 6.07) is 17.5. The molecule has 0 aliphatic heterocycles. The number of hydrogen-bond donors (Lipinski definition) is 0. The van der Waals surface area contributed by atoms with Crippen molar-refractivity contribution in [2.45, 2.75) is 0 Å². The van der Waals surface area contributed by atoms with Crippen LogP contribution in [0.15, 0.2) is 60.9 Å². The van der Waals surface area contributed by atoms with E-state index in [-0.39, 0.29) is 5.69 Å². The van der Waals surface area contributed by atoms with Crippen molar-refractivity contribution in [3.05, 3.63) is 78.0 Å². The first-order valence-corrected chi connectivity index (χ1v) is 7.75. The van der Waals surface area contributed by atoms with Gasteiger partial charge in [0.15, 0.2) is 0 Å². The molecule has 2 aromatic carbocycles. The van der Waals surface area contributed by atoms with E-state index in [1.807, 2.05) is 18.2 Å². The van der Waals surface area contributed by atoms with E-state index < -0.39 is 5.82 Å². The SMILES string of the molecule is N#Cc1ccn2c(-c3cc(-c4ccccc4C#N)ccc3F)cnc2n1. The van der Waals surface area contributed by atoms with Crippen molar-refractivity contribution in [1.29, 1.82) is 10.5 Å². The van der Waals surface area contributed by atoms with E-state index in [1.165, 1.54) is 12.3 Å². The van der Waals surface area contributed by atoms with Gasteiger partial charge >= 0.3 is 0 Å². The van der Waals surface area contributed by atoms with Crippen LogP contribution in [0.4, 0.5) is 4.39 Å². The van der Waals surface area contributed by atoms with Crippen molar-refractivity contribution in [3.63, 3.8) is 0 Å². The van der Waals surface area contributed by atoms with Gasteiger partial charge in [-0.25, -0.2) is 14.4 Å². The van der Waals surface area contributed by atoms with Crippen LogP contribution in [0.2, 0.25) is 0 Å². The molecule has 2 heterocycles. The van der Waals surface area contributed by atoms with Crippen LogP contribution in [0, 0.1) is 28.5 Å². The van der Waals surface area contributed by atoms with Crippen LogP contribution in [-0.2, 0) is 0 Å². The summed E-state index contributed by atoms with van der Waals surface area (Å²) in [5, 5.41) is 18.2. The topological polar surface area (TPSA) is 77.8 Å². The van der Waals surface area contributed by atoms with Crippen LogP contribution in [0.5, 0.6) is 0 Å². The smallest absolute Gasteiger partial charge is 0.235 e. The monoisotopic (exact) mass is 339 g/mol. The molecule has 0 N–H and O–H groups in total. The second-order valence-corrected chi connectivity index (χ2v) is 5.59. The first-order chi connectivity index (χ1) is 12.7. The molecule has 0 radical (unpaired) electrons. The number of nitriles is 2. The molecule has 26 heavy (non-hydrogen) atoms. The highest BCUT2D eigenvalue weighted by molar-refractivity contribution is 5.76. The Morgan fingerprint density at radius 1 is 0.962 bits per heavy atom. The second-order valence-electron chi connectivity index (χ2n) is 5.59. The molecule has 6 heteroatoms. The molecule has 2 aromatic heterocycles. The summed E-state index contributed by atoms with van der Waals surface area (Å²) in [7, 11) is 0. The second kappa shape index (κ2) is 6.12. The van der Waals surface area contributed by atoms with Gasteiger partial charge in [-0.1, -0.05) is 24.3 Å². The number of rotatable bonds is 2. The zero-order valence-corrected chi connectivity index (χ0v) is 13.4. The highest BCUT2D eigenvalue weighted by atomic mass is 19.1. The fraction of sp³-hybridized carbons (Fsp3) is 0. The summed E-state index contributed by atoms with van der Waals surface area (Å²) in [5.74, 6) is -0.0874. The van der Waals surface area contributed by atoms with Gasteiger partial charge in [0.25, 0.3) is 0 Å². The maximum absolute atomic E-state index is 14.5. The van der Waals surface area contributed by atoms with Gasteiger partial charge in [0.2, 0.25) is 5.78 Å². The number of fused-ring (bicyclic) bond motifs is 1. The summed E-state index contributed by atoms with van der Waals surface area (Å²) < 4.78 is 16.1. The highest BCUT2D eigenvalue weighted by Gasteiger charge is 2.14. The number of benzene rings is 2. The van der Waals surface area contributed by atoms with Crippen LogP contribution >= 0.6 is 0 Å². The van der Waals surface area contributed by atoms with Gasteiger partial charge in [0.1, 0.15) is 17.6 Å². The molecule has 5 nitrogen and oxygen atoms in total. The van der Waals surface area contributed by atoms with Crippen LogP contribution < -0.4 is 0 Å². The minimum Gasteiger partial charge on any atom is -0.284 e. The molecule has 0 unspecified atom stereocenters. The lowest BCUT2D eigenvalue weighted by atomic mass is 9.97. The van der Waals surface area contributed by atoms with E-state index >= 15 is 0 Å². The minimum absolute atomic E-state index is 0.242. The summed E-state index contributed by atoms with van der Waals surface area (Å²) >= 11 is 0. The van der Waals surface area contributed by atoms with Gasteiger partial charge in [-0.05, 0) is 35.4 Å². The summed E-state index contributed by atoms with van der Waals surface area (Å²) in [4.78, 5) is 8.27. The molecular formula is C20H10FN5. The Labute approximate surface area is 148 Å². The highest BCUT2D eigenvalue weighted by Crippen LogP contribution is 2.30. The molecule has 0 atom stereocenters. The lowest BCUT2D eigenvalue weighted by molar-refractivity contribution is 0.630. The van der Waals surface area contributed by atoms with Crippen LogP contribution in [0.25, 0.3) is 28.2 Å². The Morgan fingerprint density at radius 2 is 1.81 bits per heavy atom. The number of hydrogen-bond acceptors (Lipinski definition) is 4. The predicted molar refractivity (Wildman–Crippen MR) is 93.2 cm³/mol. The van der Waals surface area contributed by atoms with Crippen LogP contribution in [-0.4, -0.2) is 14.4 Å². The molecule has 0 bridgehead atoms. The van der Waals surface area contributed by atoms with Crippen molar-refractivity contribution < 1.29 is 4.39 Å². The van der Waals surface area contributed by atoms with Crippen LogP contribution in [0.1, 0.15) is 11.3 Å². The standard InChI is InChI=1S/C20H10FN5/c21-18-6-5-13(16-4-2-1-3-14(16)10-22)9-17(18)19-12-24-20-25-15(11-23)7-8-26(19)20/h1-9,12H. The Hall–Kier alpha value is -4.03. The summed E-state index contributed by atoms with van der Waals surface area (Å²) in [6.45, 7) is 0. The minimum atomic E-state index is -0.408.